The van der Waals surface area contributed by atoms with Gasteiger partial charge in [-0.3, -0.25) is 19.2 Å². The van der Waals surface area contributed by atoms with Crippen LogP contribution in [0.5, 0.6) is 0 Å². The summed E-state index contributed by atoms with van der Waals surface area (Å²) in [4.78, 5) is 60.8. The predicted molar refractivity (Wildman–Crippen MR) is 218 cm³/mol. The number of aliphatic hydroxyl groups excluding tert-OH is 1. The number of hydrogen-bond donors (Lipinski definition) is 2. The van der Waals surface area contributed by atoms with Crippen molar-refractivity contribution in [3.05, 3.63) is 104 Å². The van der Waals surface area contributed by atoms with Gasteiger partial charge in [-0.2, -0.15) is 0 Å². The highest BCUT2D eigenvalue weighted by Gasteiger charge is 2.77. The number of amides is 3. The number of methoxy groups -OCH3 is 1. The molecule has 298 valence electrons. The van der Waals surface area contributed by atoms with E-state index in [1.807, 2.05) is 74.5 Å². The summed E-state index contributed by atoms with van der Waals surface area (Å²) >= 11 is 3.77. The molecule has 1 spiro atoms. The maximum Gasteiger partial charge on any atom is 0.313 e. The molecule has 12 heteroatoms. The second kappa shape index (κ2) is 17.8. The van der Waals surface area contributed by atoms with Crippen LogP contribution in [0, 0.1) is 17.8 Å². The molecule has 3 aliphatic heterocycles. The number of hydrogen-bond acceptors (Lipinski definition) is 8. The molecular formula is C44H52BrN3O8. The van der Waals surface area contributed by atoms with E-state index in [2.05, 4.69) is 34.4 Å². The van der Waals surface area contributed by atoms with E-state index in [1.165, 1.54) is 12.0 Å². The number of carbonyl (C=O) groups is 4. The van der Waals surface area contributed by atoms with Crippen LogP contribution in [-0.2, 0) is 33.4 Å². The van der Waals surface area contributed by atoms with Crippen molar-refractivity contribution >= 4 is 56.1 Å². The number of allylic oxidation sites excluding steroid dienone is 1. The summed E-state index contributed by atoms with van der Waals surface area (Å²) in [6, 6.07) is 20.0. The van der Waals surface area contributed by atoms with Crippen molar-refractivity contribution in [3.8, 4) is 0 Å². The summed E-state index contributed by atoms with van der Waals surface area (Å²) in [5, 5.41) is 15.8. The fourth-order valence-corrected chi connectivity index (χ4v) is 9.84. The van der Waals surface area contributed by atoms with Gasteiger partial charge in [0.15, 0.2) is 0 Å². The molecule has 56 heavy (non-hydrogen) atoms. The number of carbonyl (C=O) groups excluding carboxylic acids is 4. The SMILES string of the molecule is C=CCCC(=O)N[C@H](COC)[C@H](OC(=O)[C@@H]1[C@H]2O[C@@]3(CC2Br)[C@H](C(=O)N(CC=C)c2ccc4ccccc4c2)N([C@@H](CO)CC(C)C)C(=O)[C@@H]13)c1ccccc1. The zero-order valence-electron chi connectivity index (χ0n) is 32.2. The molecule has 1 unspecified atom stereocenters. The van der Waals surface area contributed by atoms with E-state index in [9.17, 15) is 14.7 Å². The molecule has 9 atom stereocenters. The van der Waals surface area contributed by atoms with E-state index >= 15 is 9.59 Å². The van der Waals surface area contributed by atoms with E-state index < -0.39 is 70.4 Å². The normalized spacial score (nSPS) is 25.4. The summed E-state index contributed by atoms with van der Waals surface area (Å²) in [6.07, 6.45) is 2.87. The molecule has 11 nitrogen and oxygen atoms in total. The number of nitrogens with one attached hydrogen (secondary N) is 1. The van der Waals surface area contributed by atoms with Gasteiger partial charge >= 0.3 is 5.97 Å². The Bertz CT molecular complexity index is 1920. The van der Waals surface area contributed by atoms with Gasteiger partial charge in [-0.25, -0.2) is 0 Å². The first-order valence-corrected chi connectivity index (χ1v) is 20.2. The monoisotopic (exact) mass is 829 g/mol. The molecule has 0 aliphatic carbocycles. The van der Waals surface area contributed by atoms with Crippen molar-refractivity contribution < 1.29 is 38.5 Å². The van der Waals surface area contributed by atoms with E-state index in [4.69, 9.17) is 14.2 Å². The Balaban J connectivity index is 1.41. The molecule has 0 saturated carbocycles. The second-order valence-electron chi connectivity index (χ2n) is 15.4. The maximum absolute atomic E-state index is 15.3. The lowest BCUT2D eigenvalue weighted by atomic mass is 9.70. The van der Waals surface area contributed by atoms with E-state index in [-0.39, 0.29) is 44.4 Å². The zero-order valence-corrected chi connectivity index (χ0v) is 33.8. The highest BCUT2D eigenvalue weighted by Crippen LogP contribution is 2.61. The van der Waals surface area contributed by atoms with Crippen LogP contribution in [0.1, 0.15) is 51.2 Å². The van der Waals surface area contributed by atoms with Crippen molar-refractivity contribution in [2.24, 2.45) is 17.8 Å². The minimum atomic E-state index is -1.41. The number of likely N-dealkylation sites (tertiary alicyclic amines) is 1. The minimum Gasteiger partial charge on any atom is -0.455 e. The lowest BCUT2D eigenvalue weighted by Gasteiger charge is -2.39. The first-order chi connectivity index (χ1) is 27.0. The summed E-state index contributed by atoms with van der Waals surface area (Å²) in [5.41, 5.74) is -0.166. The quantitative estimate of drug-likeness (QED) is 0.0921. The van der Waals surface area contributed by atoms with Crippen molar-refractivity contribution in [1.29, 1.82) is 0 Å². The number of benzene rings is 3. The standard InChI is InChI=1S/C44H52BrN3O8/c1-6-8-18-35(50)46-34(26-54-5)38(29-15-10-9-11-16-29)55-43(53)36-37-41(51)48(32(25-49)22-27(3)4)40(44(37)24-33(45)39(36)56-44)42(52)47(21-7-2)31-20-19-28-14-12-13-17-30(28)23-31/h6-7,9-17,19-20,23,27,32-34,36-40,49H,1-2,8,18,21-22,24-26H2,3-5H3,(H,46,50)/t32-,33?,34-,36+,37-,38-,39+,40+,44-/m1/s1. The third kappa shape index (κ3) is 7.94. The Morgan fingerprint density at radius 2 is 1.79 bits per heavy atom. The molecule has 2 bridgehead atoms. The zero-order chi connectivity index (χ0) is 40.1. The number of aliphatic hydroxyl groups is 1. The Morgan fingerprint density at radius 1 is 1.07 bits per heavy atom. The smallest absolute Gasteiger partial charge is 0.313 e. The van der Waals surface area contributed by atoms with Crippen LogP contribution in [0.3, 0.4) is 0 Å². The lowest BCUT2D eigenvalue weighted by molar-refractivity contribution is -0.163. The number of nitrogens with zero attached hydrogens (tertiary/aromatic N) is 2. The van der Waals surface area contributed by atoms with Crippen LogP contribution in [0.2, 0.25) is 0 Å². The van der Waals surface area contributed by atoms with Gasteiger partial charge in [-0.1, -0.05) is 103 Å². The van der Waals surface area contributed by atoms with Crippen LogP contribution < -0.4 is 10.2 Å². The van der Waals surface area contributed by atoms with Gasteiger partial charge in [-0.15, -0.1) is 13.2 Å². The fourth-order valence-electron chi connectivity index (χ4n) is 8.90. The molecule has 3 saturated heterocycles. The molecule has 0 aromatic heterocycles. The van der Waals surface area contributed by atoms with Crippen molar-refractivity contribution in [2.75, 3.05) is 31.8 Å². The minimum absolute atomic E-state index is 0.0380. The van der Waals surface area contributed by atoms with Crippen molar-refractivity contribution in [3.63, 3.8) is 0 Å². The average Bonchev–Trinajstić information content (AvgIpc) is 3.79. The van der Waals surface area contributed by atoms with E-state index in [1.54, 1.807) is 29.2 Å². The van der Waals surface area contributed by atoms with Crippen LogP contribution in [0.15, 0.2) is 98.1 Å². The van der Waals surface area contributed by atoms with Crippen LogP contribution in [0.4, 0.5) is 5.69 Å². The summed E-state index contributed by atoms with van der Waals surface area (Å²) in [6.45, 7) is 11.4. The largest absolute Gasteiger partial charge is 0.455 e. The van der Waals surface area contributed by atoms with Gasteiger partial charge in [-0.05, 0) is 53.6 Å². The highest BCUT2D eigenvalue weighted by atomic mass is 79.9. The van der Waals surface area contributed by atoms with Gasteiger partial charge in [0, 0.05) is 30.6 Å². The Labute approximate surface area is 337 Å². The average molecular weight is 831 g/mol. The van der Waals surface area contributed by atoms with E-state index in [0.717, 1.165) is 10.8 Å². The van der Waals surface area contributed by atoms with Crippen LogP contribution in [-0.4, -0.2) is 95.2 Å². The summed E-state index contributed by atoms with van der Waals surface area (Å²) < 4.78 is 18.7. The first kappa shape index (κ1) is 41.3. The highest BCUT2D eigenvalue weighted by molar-refractivity contribution is 9.09. The maximum atomic E-state index is 15.3. The molecule has 3 aromatic carbocycles. The Hall–Kier alpha value is -4.36. The molecule has 3 aromatic rings. The number of fused-ring (bicyclic) bond motifs is 2. The van der Waals surface area contributed by atoms with E-state index in [0.29, 0.717) is 24.1 Å². The molecule has 0 radical (unpaired) electrons. The summed E-state index contributed by atoms with van der Waals surface area (Å²) in [7, 11) is 1.50. The third-order valence-corrected chi connectivity index (χ3v) is 12.1. The van der Waals surface area contributed by atoms with Crippen LogP contribution in [0.25, 0.3) is 10.8 Å². The van der Waals surface area contributed by atoms with Crippen LogP contribution >= 0.6 is 15.9 Å². The van der Waals surface area contributed by atoms with Crippen molar-refractivity contribution in [2.45, 2.75) is 80.3 Å². The number of anilines is 1. The second-order valence-corrected chi connectivity index (χ2v) is 16.5. The molecule has 2 N–H and O–H groups in total. The fraction of sp³-hybridized carbons (Fsp3) is 0.455. The molecule has 3 fully saturated rings. The molecule has 3 amide bonds. The first-order valence-electron chi connectivity index (χ1n) is 19.3. The number of alkyl halides is 1. The molecular weight excluding hydrogens is 778 g/mol. The van der Waals surface area contributed by atoms with Gasteiger partial charge in [0.25, 0.3) is 5.91 Å². The topological polar surface area (TPSA) is 135 Å². The Morgan fingerprint density at radius 3 is 2.45 bits per heavy atom. The number of rotatable bonds is 18. The molecule has 3 heterocycles. The Kier molecular flexibility index (Phi) is 13.1. The van der Waals surface area contributed by atoms with Gasteiger partial charge in [0.1, 0.15) is 17.7 Å². The molecule has 6 rings (SSSR count). The number of ether oxygens (including phenoxy) is 3. The van der Waals surface area contributed by atoms with Gasteiger partial charge < -0.3 is 34.4 Å². The van der Waals surface area contributed by atoms with Gasteiger partial charge in [0.2, 0.25) is 11.8 Å². The predicted octanol–water partition coefficient (Wildman–Crippen LogP) is 5.90. The van der Waals surface area contributed by atoms with Gasteiger partial charge in [0.05, 0.1) is 43.2 Å². The van der Waals surface area contributed by atoms with Crippen molar-refractivity contribution in [1.82, 2.24) is 10.2 Å². The molecule has 3 aliphatic rings. The third-order valence-electron chi connectivity index (χ3n) is 11.2. The number of halogens is 1. The summed E-state index contributed by atoms with van der Waals surface area (Å²) in [5.74, 6) is -3.88. The lowest BCUT2D eigenvalue weighted by Crippen LogP contribution is -2.59. The number of esters is 1.